The van der Waals surface area contributed by atoms with Gasteiger partial charge in [0.15, 0.2) is 0 Å². The van der Waals surface area contributed by atoms with Gasteiger partial charge in [0.2, 0.25) is 5.91 Å². The summed E-state index contributed by atoms with van der Waals surface area (Å²) in [7, 11) is 0. The third-order valence-electron chi connectivity index (χ3n) is 6.91. The number of aromatic nitrogens is 1. The number of piperidine rings is 1. The molecule has 0 atom stereocenters. The number of hydrogen-bond acceptors (Lipinski definition) is 2. The Labute approximate surface area is 200 Å². The van der Waals surface area contributed by atoms with Crippen molar-refractivity contribution in [2.75, 3.05) is 19.6 Å². The Morgan fingerprint density at radius 3 is 2.41 bits per heavy atom. The van der Waals surface area contributed by atoms with Crippen molar-refractivity contribution >= 4 is 22.7 Å². The van der Waals surface area contributed by atoms with Crippen molar-refractivity contribution in [3.8, 4) is 0 Å². The second-order valence-electron chi connectivity index (χ2n) is 10.4. The highest BCUT2D eigenvalue weighted by atomic mass is 19.1. The second kappa shape index (κ2) is 9.61. The molecule has 1 aromatic heterocycles. The number of carbonyl (C=O) groups is 2. The summed E-state index contributed by atoms with van der Waals surface area (Å²) in [4.78, 5) is 30.7. The van der Waals surface area contributed by atoms with Crippen LogP contribution in [0.1, 0.15) is 60.8 Å². The predicted molar refractivity (Wildman–Crippen MR) is 133 cm³/mol. The zero-order chi connectivity index (χ0) is 24.5. The van der Waals surface area contributed by atoms with Gasteiger partial charge < -0.3 is 15.2 Å². The van der Waals surface area contributed by atoms with Crippen LogP contribution in [0.3, 0.4) is 0 Å². The van der Waals surface area contributed by atoms with Gasteiger partial charge in [0.1, 0.15) is 5.82 Å². The minimum atomic E-state index is -0.261. The first-order valence-corrected chi connectivity index (χ1v) is 12.1. The van der Waals surface area contributed by atoms with Crippen LogP contribution in [0.15, 0.2) is 42.5 Å². The summed E-state index contributed by atoms with van der Waals surface area (Å²) in [6.45, 7) is 10.1. The number of aromatic amines is 1. The fourth-order valence-corrected chi connectivity index (χ4v) is 4.77. The van der Waals surface area contributed by atoms with E-state index in [0.29, 0.717) is 44.5 Å². The van der Waals surface area contributed by atoms with Crippen LogP contribution in [0.2, 0.25) is 0 Å². The summed E-state index contributed by atoms with van der Waals surface area (Å²) >= 11 is 0. The molecule has 1 aliphatic rings. The SMILES string of the molecule is Cc1[nH]c2ccc(F)cc2c1CCNC(=O)C1CCN(C(=O)c2ccc(C(C)(C)C)cc2)CC1. The maximum absolute atomic E-state index is 13.7. The molecule has 6 heteroatoms. The first-order chi connectivity index (χ1) is 16.1. The van der Waals surface area contributed by atoms with E-state index in [1.165, 1.54) is 11.6 Å². The van der Waals surface area contributed by atoms with Crippen LogP contribution in [0.5, 0.6) is 0 Å². The first kappa shape index (κ1) is 24.0. The molecule has 0 saturated carbocycles. The maximum atomic E-state index is 13.7. The number of nitrogens with one attached hydrogen (secondary N) is 2. The quantitative estimate of drug-likeness (QED) is 0.551. The number of rotatable bonds is 5. The van der Waals surface area contributed by atoms with Gasteiger partial charge in [0.05, 0.1) is 0 Å². The van der Waals surface area contributed by atoms with Crippen molar-refractivity contribution in [2.45, 2.75) is 52.4 Å². The number of amides is 2. The minimum absolute atomic E-state index is 0.0290. The summed E-state index contributed by atoms with van der Waals surface area (Å²) < 4.78 is 13.7. The molecule has 0 spiro atoms. The van der Waals surface area contributed by atoms with E-state index in [1.54, 1.807) is 12.1 Å². The highest BCUT2D eigenvalue weighted by molar-refractivity contribution is 5.94. The fourth-order valence-electron chi connectivity index (χ4n) is 4.77. The van der Waals surface area contributed by atoms with Gasteiger partial charge in [-0.2, -0.15) is 0 Å². The van der Waals surface area contributed by atoms with E-state index in [9.17, 15) is 14.0 Å². The van der Waals surface area contributed by atoms with E-state index in [4.69, 9.17) is 0 Å². The van der Waals surface area contributed by atoms with E-state index in [2.05, 4.69) is 31.1 Å². The van der Waals surface area contributed by atoms with E-state index < -0.39 is 0 Å². The van der Waals surface area contributed by atoms with Crippen molar-refractivity contribution in [3.05, 3.63) is 70.7 Å². The maximum Gasteiger partial charge on any atom is 0.253 e. The average Bonchev–Trinajstić information content (AvgIpc) is 3.12. The molecule has 2 N–H and O–H groups in total. The van der Waals surface area contributed by atoms with E-state index >= 15 is 0 Å². The molecule has 34 heavy (non-hydrogen) atoms. The molecule has 2 aromatic carbocycles. The van der Waals surface area contributed by atoms with Crippen LogP contribution in [-0.2, 0) is 16.6 Å². The number of halogens is 1. The topological polar surface area (TPSA) is 65.2 Å². The van der Waals surface area contributed by atoms with Crippen molar-refractivity contribution in [1.29, 1.82) is 0 Å². The molecule has 1 saturated heterocycles. The summed E-state index contributed by atoms with van der Waals surface area (Å²) in [5.41, 5.74) is 4.89. The number of nitrogens with zero attached hydrogens (tertiary/aromatic N) is 1. The van der Waals surface area contributed by atoms with Gasteiger partial charge in [-0.25, -0.2) is 4.39 Å². The Morgan fingerprint density at radius 2 is 1.76 bits per heavy atom. The third-order valence-corrected chi connectivity index (χ3v) is 6.91. The summed E-state index contributed by atoms with van der Waals surface area (Å²) in [6.07, 6.45) is 1.97. The fraction of sp³-hybridized carbons (Fsp3) is 0.429. The highest BCUT2D eigenvalue weighted by Gasteiger charge is 2.28. The Hall–Kier alpha value is -3.15. The zero-order valence-corrected chi connectivity index (χ0v) is 20.5. The first-order valence-electron chi connectivity index (χ1n) is 12.1. The molecule has 2 amide bonds. The van der Waals surface area contributed by atoms with Gasteiger partial charge in [-0.3, -0.25) is 9.59 Å². The number of benzene rings is 2. The number of hydrogen-bond donors (Lipinski definition) is 2. The Kier molecular flexibility index (Phi) is 6.78. The van der Waals surface area contributed by atoms with Gasteiger partial charge in [-0.15, -0.1) is 0 Å². The Morgan fingerprint density at radius 1 is 1.09 bits per heavy atom. The Bertz CT molecular complexity index is 1180. The van der Waals surface area contributed by atoms with Crippen LogP contribution in [0.4, 0.5) is 4.39 Å². The third kappa shape index (κ3) is 5.16. The van der Waals surface area contributed by atoms with Gasteiger partial charge in [0, 0.05) is 47.7 Å². The molecular formula is C28H34FN3O2. The second-order valence-corrected chi connectivity index (χ2v) is 10.4. The van der Waals surface area contributed by atoms with E-state index in [0.717, 1.165) is 22.2 Å². The zero-order valence-electron chi connectivity index (χ0n) is 20.5. The smallest absolute Gasteiger partial charge is 0.253 e. The van der Waals surface area contributed by atoms with Gasteiger partial charge in [-0.05, 0) is 73.1 Å². The number of H-pyrrole nitrogens is 1. The summed E-state index contributed by atoms with van der Waals surface area (Å²) in [5.74, 6) is -0.288. The van der Waals surface area contributed by atoms with Crippen LogP contribution in [-0.4, -0.2) is 41.3 Å². The summed E-state index contributed by atoms with van der Waals surface area (Å²) in [6, 6.07) is 12.6. The van der Waals surface area contributed by atoms with E-state index in [-0.39, 0.29) is 29.0 Å². The van der Waals surface area contributed by atoms with E-state index in [1.807, 2.05) is 36.1 Å². The lowest BCUT2D eigenvalue weighted by Gasteiger charge is -2.31. The molecule has 0 aliphatic carbocycles. The van der Waals surface area contributed by atoms with Crippen molar-refractivity contribution in [3.63, 3.8) is 0 Å². The van der Waals surface area contributed by atoms with Crippen LogP contribution >= 0.6 is 0 Å². The lowest BCUT2D eigenvalue weighted by atomic mass is 9.86. The lowest BCUT2D eigenvalue weighted by Crippen LogP contribution is -2.43. The molecule has 5 nitrogen and oxygen atoms in total. The minimum Gasteiger partial charge on any atom is -0.358 e. The molecule has 3 aromatic rings. The van der Waals surface area contributed by atoms with Gasteiger partial charge >= 0.3 is 0 Å². The lowest BCUT2D eigenvalue weighted by molar-refractivity contribution is -0.126. The highest BCUT2D eigenvalue weighted by Crippen LogP contribution is 2.25. The Balaban J connectivity index is 1.27. The molecular weight excluding hydrogens is 429 g/mol. The molecule has 0 bridgehead atoms. The molecule has 4 rings (SSSR count). The predicted octanol–water partition coefficient (Wildman–Crippen LogP) is 5.12. The summed E-state index contributed by atoms with van der Waals surface area (Å²) in [5, 5.41) is 3.91. The van der Waals surface area contributed by atoms with Crippen LogP contribution in [0, 0.1) is 18.7 Å². The normalized spacial score (nSPS) is 15.0. The molecule has 0 radical (unpaired) electrons. The monoisotopic (exact) mass is 463 g/mol. The molecule has 180 valence electrons. The van der Waals surface area contributed by atoms with Crippen LogP contribution < -0.4 is 5.32 Å². The van der Waals surface area contributed by atoms with Gasteiger partial charge in [-0.1, -0.05) is 32.9 Å². The number of likely N-dealkylation sites (tertiary alicyclic amines) is 1. The number of carbonyl (C=O) groups excluding carboxylic acids is 2. The average molecular weight is 464 g/mol. The van der Waals surface area contributed by atoms with Crippen molar-refractivity contribution in [1.82, 2.24) is 15.2 Å². The number of fused-ring (bicyclic) bond motifs is 1. The number of aryl methyl sites for hydroxylation is 1. The standard InChI is InChI=1S/C28H34FN3O2/c1-18-23(24-17-22(29)9-10-25(24)31-18)11-14-30-26(33)19-12-15-32(16-13-19)27(34)20-5-7-21(8-6-20)28(2,3)4/h5-10,17,19,31H,11-16H2,1-4H3,(H,30,33). The van der Waals surface area contributed by atoms with Crippen molar-refractivity contribution < 1.29 is 14.0 Å². The molecule has 0 unspecified atom stereocenters. The van der Waals surface area contributed by atoms with Crippen molar-refractivity contribution in [2.24, 2.45) is 5.92 Å². The van der Waals surface area contributed by atoms with Gasteiger partial charge in [0.25, 0.3) is 5.91 Å². The largest absolute Gasteiger partial charge is 0.358 e. The molecule has 1 aliphatic heterocycles. The molecule has 2 heterocycles. The molecule has 1 fully saturated rings. The van der Waals surface area contributed by atoms with Crippen LogP contribution in [0.25, 0.3) is 10.9 Å².